The molecule has 2 N–H and O–H groups in total. The largest absolute Gasteiger partial charge is 0.348 e. The van der Waals surface area contributed by atoms with Crippen molar-refractivity contribution in [3.8, 4) is 0 Å². The highest BCUT2D eigenvalue weighted by Crippen LogP contribution is 2.27. The van der Waals surface area contributed by atoms with Gasteiger partial charge in [-0.3, -0.25) is 9.36 Å². The number of hydrogen-bond acceptors (Lipinski definition) is 4. The molecule has 1 unspecified atom stereocenters. The fourth-order valence-electron chi connectivity index (χ4n) is 3.43. The van der Waals surface area contributed by atoms with E-state index in [0.717, 1.165) is 17.8 Å². The summed E-state index contributed by atoms with van der Waals surface area (Å²) in [4.78, 5) is 41.7. The van der Waals surface area contributed by atoms with E-state index in [1.54, 1.807) is 24.0 Å². The zero-order valence-electron chi connectivity index (χ0n) is 16.4. The molecular formula is C20H25N5O3. The number of rotatable bonds is 5. The molecule has 1 aromatic heterocycles. The Kier molecular flexibility index (Phi) is 5.77. The maximum Gasteiger partial charge on any atom is 0.348 e. The van der Waals surface area contributed by atoms with Crippen molar-refractivity contribution < 1.29 is 9.59 Å². The molecule has 0 radical (unpaired) electrons. The van der Waals surface area contributed by atoms with Crippen LogP contribution in [-0.4, -0.2) is 34.1 Å². The highest BCUT2D eigenvalue weighted by Gasteiger charge is 2.28. The van der Waals surface area contributed by atoms with Gasteiger partial charge in [-0.2, -0.15) is 4.98 Å². The minimum absolute atomic E-state index is 0.127. The van der Waals surface area contributed by atoms with Crippen LogP contribution < -0.4 is 21.2 Å². The number of carbonyl (C=O) groups is 2. The lowest BCUT2D eigenvalue weighted by Crippen LogP contribution is -2.35. The van der Waals surface area contributed by atoms with Gasteiger partial charge in [-0.15, -0.1) is 0 Å². The third kappa shape index (κ3) is 4.39. The van der Waals surface area contributed by atoms with Crippen LogP contribution in [0.15, 0.2) is 35.1 Å². The van der Waals surface area contributed by atoms with Gasteiger partial charge in [0.1, 0.15) is 0 Å². The van der Waals surface area contributed by atoms with Crippen LogP contribution in [0.2, 0.25) is 0 Å². The second kappa shape index (κ2) is 8.24. The van der Waals surface area contributed by atoms with E-state index in [4.69, 9.17) is 0 Å². The van der Waals surface area contributed by atoms with E-state index in [2.05, 4.69) is 15.6 Å². The van der Waals surface area contributed by atoms with Gasteiger partial charge >= 0.3 is 11.7 Å². The standard InChI is InChI=1S/C20H25N5O3/c1-13-12-15(3)24(20(28)22-13)11-10-21-19(27)23-16-5-7-17(8-6-16)25-14(2)4-9-18(25)26/h5-8,12,14H,4,9-11H2,1-3H3,(H2,21,23,27). The van der Waals surface area contributed by atoms with Crippen LogP contribution in [0.25, 0.3) is 0 Å². The summed E-state index contributed by atoms with van der Waals surface area (Å²) in [7, 11) is 0. The maximum atomic E-state index is 12.1. The van der Waals surface area contributed by atoms with E-state index >= 15 is 0 Å². The fourth-order valence-corrected chi connectivity index (χ4v) is 3.43. The van der Waals surface area contributed by atoms with Crippen LogP contribution in [0.4, 0.5) is 16.2 Å². The Morgan fingerprint density at radius 3 is 2.54 bits per heavy atom. The quantitative estimate of drug-likeness (QED) is 0.827. The number of carbonyl (C=O) groups excluding carboxylic acids is 2. The molecule has 1 aliphatic heterocycles. The van der Waals surface area contributed by atoms with Gasteiger partial charge in [0.15, 0.2) is 0 Å². The van der Waals surface area contributed by atoms with E-state index in [1.165, 1.54) is 4.57 Å². The first-order chi connectivity index (χ1) is 13.3. The maximum absolute atomic E-state index is 12.1. The average Bonchev–Trinajstić information content (AvgIpc) is 2.96. The molecular weight excluding hydrogens is 358 g/mol. The average molecular weight is 383 g/mol. The zero-order valence-corrected chi connectivity index (χ0v) is 16.4. The van der Waals surface area contributed by atoms with E-state index in [9.17, 15) is 14.4 Å². The highest BCUT2D eigenvalue weighted by molar-refractivity contribution is 5.96. The van der Waals surface area contributed by atoms with E-state index in [0.29, 0.717) is 30.9 Å². The van der Waals surface area contributed by atoms with E-state index < -0.39 is 0 Å². The number of hydrogen-bond donors (Lipinski definition) is 2. The molecule has 1 saturated heterocycles. The van der Waals surface area contributed by atoms with Crippen molar-refractivity contribution in [2.75, 3.05) is 16.8 Å². The van der Waals surface area contributed by atoms with Crippen molar-refractivity contribution in [1.29, 1.82) is 0 Å². The Morgan fingerprint density at radius 2 is 1.93 bits per heavy atom. The lowest BCUT2D eigenvalue weighted by atomic mass is 10.2. The highest BCUT2D eigenvalue weighted by atomic mass is 16.2. The summed E-state index contributed by atoms with van der Waals surface area (Å²) in [5, 5.41) is 5.48. The summed E-state index contributed by atoms with van der Waals surface area (Å²) >= 11 is 0. The molecule has 1 aromatic carbocycles. The van der Waals surface area contributed by atoms with Gasteiger partial charge in [0.2, 0.25) is 5.91 Å². The molecule has 8 heteroatoms. The minimum Gasteiger partial charge on any atom is -0.336 e. The Balaban J connectivity index is 1.53. The Morgan fingerprint density at radius 1 is 1.21 bits per heavy atom. The van der Waals surface area contributed by atoms with Gasteiger partial charge in [0, 0.05) is 48.3 Å². The normalized spacial score (nSPS) is 16.3. The number of urea groups is 1. The van der Waals surface area contributed by atoms with Crippen LogP contribution in [-0.2, 0) is 11.3 Å². The van der Waals surface area contributed by atoms with Gasteiger partial charge in [-0.05, 0) is 57.5 Å². The summed E-state index contributed by atoms with van der Waals surface area (Å²) in [6, 6.07) is 8.86. The molecule has 0 saturated carbocycles. The van der Waals surface area contributed by atoms with Crippen molar-refractivity contribution in [2.45, 2.75) is 46.2 Å². The van der Waals surface area contributed by atoms with Crippen molar-refractivity contribution in [2.24, 2.45) is 0 Å². The SMILES string of the molecule is Cc1cc(C)n(CCNC(=O)Nc2ccc(N3C(=O)CCC3C)cc2)c(=O)n1. The van der Waals surface area contributed by atoms with Crippen molar-refractivity contribution in [1.82, 2.24) is 14.9 Å². The van der Waals surface area contributed by atoms with E-state index in [1.807, 2.05) is 32.0 Å². The number of nitrogens with zero attached hydrogens (tertiary/aromatic N) is 3. The lowest BCUT2D eigenvalue weighted by Gasteiger charge is -2.22. The first-order valence-corrected chi connectivity index (χ1v) is 9.37. The molecule has 1 fully saturated rings. The molecule has 0 bridgehead atoms. The molecule has 148 valence electrons. The summed E-state index contributed by atoms with van der Waals surface area (Å²) in [6.07, 6.45) is 1.43. The Labute approximate surface area is 163 Å². The third-order valence-electron chi connectivity index (χ3n) is 4.86. The number of aromatic nitrogens is 2. The molecule has 3 amide bonds. The Hall–Kier alpha value is -3.16. The predicted molar refractivity (Wildman–Crippen MR) is 108 cm³/mol. The van der Waals surface area contributed by atoms with Crippen molar-refractivity contribution in [3.63, 3.8) is 0 Å². The summed E-state index contributed by atoms with van der Waals surface area (Å²) < 4.78 is 1.52. The minimum atomic E-state index is -0.357. The summed E-state index contributed by atoms with van der Waals surface area (Å²) in [6.45, 7) is 6.29. The number of nitrogens with one attached hydrogen (secondary N) is 2. The fraction of sp³-hybridized carbons (Fsp3) is 0.400. The second-order valence-corrected chi connectivity index (χ2v) is 7.05. The van der Waals surface area contributed by atoms with Gasteiger partial charge in [-0.25, -0.2) is 9.59 Å². The van der Waals surface area contributed by atoms with Crippen LogP contribution in [0, 0.1) is 13.8 Å². The number of amides is 3. The monoisotopic (exact) mass is 383 g/mol. The summed E-state index contributed by atoms with van der Waals surface area (Å²) in [5.41, 5.74) is 2.63. The first-order valence-electron chi connectivity index (χ1n) is 9.37. The third-order valence-corrected chi connectivity index (χ3v) is 4.86. The summed E-state index contributed by atoms with van der Waals surface area (Å²) in [5.74, 6) is 0.127. The molecule has 0 aliphatic carbocycles. The van der Waals surface area contributed by atoms with Crippen LogP contribution >= 0.6 is 0 Å². The van der Waals surface area contributed by atoms with Gasteiger partial charge < -0.3 is 15.5 Å². The molecule has 2 aromatic rings. The number of anilines is 2. The zero-order chi connectivity index (χ0) is 20.3. The van der Waals surface area contributed by atoms with Gasteiger partial charge in [0.25, 0.3) is 0 Å². The van der Waals surface area contributed by atoms with Crippen molar-refractivity contribution in [3.05, 3.63) is 52.2 Å². The van der Waals surface area contributed by atoms with Crippen molar-refractivity contribution >= 4 is 23.3 Å². The molecule has 2 heterocycles. The van der Waals surface area contributed by atoms with Gasteiger partial charge in [-0.1, -0.05) is 0 Å². The van der Waals surface area contributed by atoms with Crippen LogP contribution in [0.1, 0.15) is 31.2 Å². The lowest BCUT2D eigenvalue weighted by molar-refractivity contribution is -0.117. The second-order valence-electron chi connectivity index (χ2n) is 7.05. The van der Waals surface area contributed by atoms with Gasteiger partial charge in [0.05, 0.1) is 0 Å². The molecule has 1 atom stereocenters. The number of benzene rings is 1. The molecule has 0 spiro atoms. The topological polar surface area (TPSA) is 96.3 Å². The molecule has 8 nitrogen and oxygen atoms in total. The molecule has 1 aliphatic rings. The van der Waals surface area contributed by atoms with Crippen LogP contribution in [0.3, 0.4) is 0 Å². The van der Waals surface area contributed by atoms with E-state index in [-0.39, 0.29) is 23.7 Å². The predicted octanol–water partition coefficient (Wildman–Crippen LogP) is 2.20. The van der Waals surface area contributed by atoms with Crippen LogP contribution in [0.5, 0.6) is 0 Å². The number of aryl methyl sites for hydroxylation is 2. The molecule has 28 heavy (non-hydrogen) atoms. The Bertz CT molecular complexity index is 936. The smallest absolute Gasteiger partial charge is 0.336 e. The first kappa shape index (κ1) is 19.6. The molecule has 3 rings (SSSR count).